The van der Waals surface area contributed by atoms with Gasteiger partial charge >= 0.3 is 5.97 Å². The Balaban J connectivity index is 2.60. The van der Waals surface area contributed by atoms with E-state index < -0.39 is 16.9 Å². The zero-order valence-corrected chi connectivity index (χ0v) is 12.6. The van der Waals surface area contributed by atoms with Gasteiger partial charge in [0.05, 0.1) is 4.92 Å². The van der Waals surface area contributed by atoms with E-state index in [9.17, 15) is 19.7 Å². The number of rotatable bonds is 8. The number of aryl methyl sites for hydroxylation is 1. The molecule has 0 aliphatic carbocycles. The van der Waals surface area contributed by atoms with Gasteiger partial charge in [0.25, 0.3) is 5.69 Å². The quantitative estimate of drug-likeness (QED) is 0.565. The van der Waals surface area contributed by atoms with Gasteiger partial charge in [-0.25, -0.2) is 4.79 Å². The largest absolute Gasteiger partial charge is 0.480 e. The molecule has 2 atom stereocenters. The van der Waals surface area contributed by atoms with E-state index in [2.05, 4.69) is 5.32 Å². The average molecular weight is 308 g/mol. The summed E-state index contributed by atoms with van der Waals surface area (Å²) in [6.45, 7) is 3.62. The number of amides is 1. The molecule has 0 spiro atoms. The number of carboxylic acid groups (broad SMARTS) is 1. The van der Waals surface area contributed by atoms with Gasteiger partial charge in [0.15, 0.2) is 0 Å². The number of nitro benzene ring substituents is 1. The summed E-state index contributed by atoms with van der Waals surface area (Å²) in [5.41, 5.74) is 0.640. The van der Waals surface area contributed by atoms with Crippen LogP contribution in [0.2, 0.25) is 0 Å². The van der Waals surface area contributed by atoms with Crippen molar-refractivity contribution in [3.8, 4) is 0 Å². The molecular weight excluding hydrogens is 288 g/mol. The van der Waals surface area contributed by atoms with Crippen LogP contribution in [0.5, 0.6) is 0 Å². The van der Waals surface area contributed by atoms with E-state index in [0.717, 1.165) is 0 Å². The van der Waals surface area contributed by atoms with E-state index in [1.165, 1.54) is 12.1 Å². The van der Waals surface area contributed by atoms with Gasteiger partial charge in [-0.05, 0) is 17.9 Å². The molecule has 0 saturated heterocycles. The molecule has 1 amide bonds. The average Bonchev–Trinajstić information content (AvgIpc) is 2.49. The van der Waals surface area contributed by atoms with Crippen molar-refractivity contribution in [1.82, 2.24) is 5.32 Å². The van der Waals surface area contributed by atoms with Crippen molar-refractivity contribution in [3.05, 3.63) is 39.9 Å². The maximum atomic E-state index is 11.9. The van der Waals surface area contributed by atoms with Crippen LogP contribution in [0.4, 0.5) is 5.69 Å². The molecule has 0 unspecified atom stereocenters. The number of aliphatic carboxylic acids is 1. The van der Waals surface area contributed by atoms with Crippen molar-refractivity contribution in [2.75, 3.05) is 0 Å². The smallest absolute Gasteiger partial charge is 0.326 e. The highest BCUT2D eigenvalue weighted by molar-refractivity contribution is 5.83. The van der Waals surface area contributed by atoms with E-state index in [4.69, 9.17) is 5.11 Å². The first-order valence-electron chi connectivity index (χ1n) is 7.10. The van der Waals surface area contributed by atoms with E-state index >= 15 is 0 Å². The second-order valence-corrected chi connectivity index (χ2v) is 5.20. The Kier molecular flexibility index (Phi) is 6.49. The van der Waals surface area contributed by atoms with Gasteiger partial charge < -0.3 is 10.4 Å². The Morgan fingerprint density at radius 1 is 1.41 bits per heavy atom. The van der Waals surface area contributed by atoms with Crippen LogP contribution < -0.4 is 5.32 Å². The molecule has 0 fully saturated rings. The van der Waals surface area contributed by atoms with Crippen LogP contribution in [0.3, 0.4) is 0 Å². The summed E-state index contributed by atoms with van der Waals surface area (Å²) < 4.78 is 0. The lowest BCUT2D eigenvalue weighted by Crippen LogP contribution is -2.45. The molecule has 1 aromatic carbocycles. The minimum absolute atomic E-state index is 0.0269. The molecule has 1 rings (SSSR count). The molecule has 2 N–H and O–H groups in total. The first-order valence-corrected chi connectivity index (χ1v) is 7.10. The molecule has 0 aliphatic rings. The third-order valence-corrected chi connectivity index (χ3v) is 3.56. The maximum Gasteiger partial charge on any atom is 0.326 e. The van der Waals surface area contributed by atoms with Crippen molar-refractivity contribution in [2.45, 2.75) is 39.2 Å². The number of benzene rings is 1. The number of nitro groups is 1. The summed E-state index contributed by atoms with van der Waals surface area (Å²) in [6.07, 6.45) is 1.05. The van der Waals surface area contributed by atoms with E-state index in [-0.39, 0.29) is 23.9 Å². The lowest BCUT2D eigenvalue weighted by molar-refractivity contribution is -0.384. The van der Waals surface area contributed by atoms with Gasteiger partial charge in [0.2, 0.25) is 5.91 Å². The zero-order chi connectivity index (χ0) is 16.7. The highest BCUT2D eigenvalue weighted by Gasteiger charge is 2.25. The fourth-order valence-electron chi connectivity index (χ4n) is 2.01. The second kappa shape index (κ2) is 8.11. The number of carbonyl (C=O) groups is 2. The number of carboxylic acids is 1. The fourth-order valence-corrected chi connectivity index (χ4v) is 2.01. The molecule has 22 heavy (non-hydrogen) atoms. The minimum Gasteiger partial charge on any atom is -0.480 e. The predicted octanol–water partition coefficient (Wildman–Crippen LogP) is 2.14. The summed E-state index contributed by atoms with van der Waals surface area (Å²) in [5, 5.41) is 22.3. The Morgan fingerprint density at radius 3 is 2.64 bits per heavy atom. The second-order valence-electron chi connectivity index (χ2n) is 5.20. The SMILES string of the molecule is CC[C@H](C)[C@H](NC(=O)CCc1cccc([N+](=O)[O-])c1)C(=O)O. The Labute approximate surface area is 128 Å². The van der Waals surface area contributed by atoms with Gasteiger partial charge in [-0.1, -0.05) is 32.4 Å². The van der Waals surface area contributed by atoms with Crippen molar-refractivity contribution in [2.24, 2.45) is 5.92 Å². The van der Waals surface area contributed by atoms with Crippen LogP contribution in [0, 0.1) is 16.0 Å². The molecule has 0 heterocycles. The summed E-state index contributed by atoms with van der Waals surface area (Å²) in [7, 11) is 0. The topological polar surface area (TPSA) is 110 Å². The van der Waals surface area contributed by atoms with Crippen LogP contribution in [0.25, 0.3) is 0 Å². The molecule has 0 bridgehead atoms. The minimum atomic E-state index is -1.06. The predicted molar refractivity (Wildman–Crippen MR) is 80.4 cm³/mol. The summed E-state index contributed by atoms with van der Waals surface area (Å²) in [5.74, 6) is -1.60. The third-order valence-electron chi connectivity index (χ3n) is 3.56. The normalized spacial score (nSPS) is 13.2. The molecule has 0 aromatic heterocycles. The van der Waals surface area contributed by atoms with Gasteiger partial charge in [-0.15, -0.1) is 0 Å². The van der Waals surface area contributed by atoms with Crippen LogP contribution in [0.1, 0.15) is 32.3 Å². The van der Waals surface area contributed by atoms with Crippen LogP contribution >= 0.6 is 0 Å². The van der Waals surface area contributed by atoms with Crippen molar-refractivity contribution >= 4 is 17.6 Å². The van der Waals surface area contributed by atoms with E-state index in [1.807, 2.05) is 6.92 Å². The van der Waals surface area contributed by atoms with Crippen LogP contribution in [0.15, 0.2) is 24.3 Å². The first kappa shape index (κ1) is 17.6. The van der Waals surface area contributed by atoms with Gasteiger partial charge in [-0.2, -0.15) is 0 Å². The van der Waals surface area contributed by atoms with E-state index in [1.54, 1.807) is 19.1 Å². The van der Waals surface area contributed by atoms with Crippen molar-refractivity contribution in [3.63, 3.8) is 0 Å². The highest BCUT2D eigenvalue weighted by atomic mass is 16.6. The lowest BCUT2D eigenvalue weighted by Gasteiger charge is -2.20. The third kappa shape index (κ3) is 5.16. The number of nitrogens with one attached hydrogen (secondary N) is 1. The van der Waals surface area contributed by atoms with Crippen molar-refractivity contribution in [1.29, 1.82) is 0 Å². The van der Waals surface area contributed by atoms with Gasteiger partial charge in [0, 0.05) is 18.6 Å². The van der Waals surface area contributed by atoms with Gasteiger partial charge in [0.1, 0.15) is 6.04 Å². The van der Waals surface area contributed by atoms with E-state index in [0.29, 0.717) is 18.4 Å². The highest BCUT2D eigenvalue weighted by Crippen LogP contribution is 2.14. The fraction of sp³-hybridized carbons (Fsp3) is 0.467. The molecule has 7 heteroatoms. The molecule has 0 radical (unpaired) electrons. The molecule has 7 nitrogen and oxygen atoms in total. The Bertz CT molecular complexity index is 559. The molecule has 120 valence electrons. The summed E-state index contributed by atoms with van der Waals surface area (Å²) >= 11 is 0. The summed E-state index contributed by atoms with van der Waals surface area (Å²) in [6, 6.07) is 5.14. The van der Waals surface area contributed by atoms with Gasteiger partial charge in [-0.3, -0.25) is 14.9 Å². The molecule has 0 aliphatic heterocycles. The lowest BCUT2D eigenvalue weighted by atomic mass is 9.99. The number of non-ortho nitro benzene ring substituents is 1. The molecule has 0 saturated carbocycles. The Hall–Kier alpha value is -2.44. The van der Waals surface area contributed by atoms with Crippen LogP contribution in [-0.2, 0) is 16.0 Å². The van der Waals surface area contributed by atoms with Crippen molar-refractivity contribution < 1.29 is 19.6 Å². The number of carbonyl (C=O) groups excluding carboxylic acids is 1. The molecule has 1 aromatic rings. The van der Waals surface area contributed by atoms with Crippen LogP contribution in [-0.4, -0.2) is 27.9 Å². The Morgan fingerprint density at radius 2 is 2.09 bits per heavy atom. The standard InChI is InChI=1S/C15H20N2O5/c1-3-10(2)14(15(19)20)16-13(18)8-7-11-5-4-6-12(9-11)17(21)22/h4-6,9-10,14H,3,7-8H2,1-2H3,(H,16,18)(H,19,20)/t10-,14-/m0/s1. The number of nitrogens with zero attached hydrogens (tertiary/aromatic N) is 1. The first-order chi connectivity index (χ1) is 10.3. The summed E-state index contributed by atoms with van der Waals surface area (Å²) in [4.78, 5) is 33.2. The maximum absolute atomic E-state index is 11.9. The number of hydrogen-bond acceptors (Lipinski definition) is 4. The number of hydrogen-bond donors (Lipinski definition) is 2. The monoisotopic (exact) mass is 308 g/mol. The zero-order valence-electron chi connectivity index (χ0n) is 12.6. The molecular formula is C15H20N2O5.